The van der Waals surface area contributed by atoms with Gasteiger partial charge in [-0.3, -0.25) is 0 Å². The lowest BCUT2D eigenvalue weighted by molar-refractivity contribution is 0.423. The van der Waals surface area contributed by atoms with Crippen LogP contribution in [0, 0.1) is 0 Å². The van der Waals surface area contributed by atoms with Crippen LogP contribution in [0.1, 0.15) is 195 Å². The Labute approximate surface area is 299 Å². The molecule has 0 amide bonds. The van der Waals surface area contributed by atoms with Gasteiger partial charge in [0.2, 0.25) is 0 Å². The van der Waals surface area contributed by atoms with E-state index >= 15 is 0 Å². The van der Waals surface area contributed by atoms with Crippen molar-refractivity contribution in [3.05, 3.63) is 23.3 Å². The summed E-state index contributed by atoms with van der Waals surface area (Å²) >= 11 is 3.56. The third kappa shape index (κ3) is 17.3. The number of thioether (sulfide) groups is 2. The van der Waals surface area contributed by atoms with Gasteiger partial charge in [0.25, 0.3) is 0 Å². The molecular weight excluding hydrogens is 615 g/mol. The van der Waals surface area contributed by atoms with Crippen molar-refractivity contribution in [2.24, 2.45) is 0 Å². The van der Waals surface area contributed by atoms with Crippen LogP contribution in [0.4, 0.5) is 0 Å². The molecule has 0 saturated heterocycles. The predicted molar refractivity (Wildman–Crippen MR) is 209 cm³/mol. The summed E-state index contributed by atoms with van der Waals surface area (Å²) in [5, 5.41) is 13.0. The number of hydrogen-bond donors (Lipinski definition) is 1. The Balaban J connectivity index is 2.07. The number of benzene rings is 1. The van der Waals surface area contributed by atoms with Crippen LogP contribution in [0.2, 0.25) is 0 Å². The highest BCUT2D eigenvalue weighted by atomic mass is 32.2. The van der Waals surface area contributed by atoms with Gasteiger partial charge in [-0.15, -0.1) is 0 Å². The van der Waals surface area contributed by atoms with Crippen molar-refractivity contribution in [1.82, 2.24) is 15.0 Å². The van der Waals surface area contributed by atoms with Crippen LogP contribution in [-0.4, -0.2) is 31.6 Å². The molecule has 1 N–H and O–H groups in total. The summed E-state index contributed by atoms with van der Waals surface area (Å²) in [7, 11) is 0. The Morgan fingerprint density at radius 1 is 0.489 bits per heavy atom. The molecule has 0 fully saturated rings. The minimum Gasteiger partial charge on any atom is -0.507 e. The number of nitrogens with zero attached hydrogens (tertiary/aromatic N) is 3. The van der Waals surface area contributed by atoms with E-state index in [9.17, 15) is 5.11 Å². The Bertz CT molecular complexity index is 1040. The van der Waals surface area contributed by atoms with Crippen LogP contribution in [0.5, 0.6) is 5.75 Å². The summed E-state index contributed by atoms with van der Waals surface area (Å²) < 4.78 is 0. The average molecular weight is 686 g/mol. The summed E-state index contributed by atoms with van der Waals surface area (Å²) in [5.74, 6) is 3.21. The van der Waals surface area contributed by atoms with Crippen LogP contribution in [0.15, 0.2) is 22.4 Å². The van der Waals surface area contributed by atoms with Crippen molar-refractivity contribution >= 4 is 23.5 Å². The average Bonchev–Trinajstić information content (AvgIpc) is 3.01. The molecule has 0 aliphatic heterocycles. The van der Waals surface area contributed by atoms with Gasteiger partial charge < -0.3 is 5.11 Å². The van der Waals surface area contributed by atoms with Gasteiger partial charge in [-0.25, -0.2) is 9.97 Å². The summed E-state index contributed by atoms with van der Waals surface area (Å²) in [4.78, 5) is 15.0. The van der Waals surface area contributed by atoms with Gasteiger partial charge in [0.05, 0.1) is 0 Å². The topological polar surface area (TPSA) is 58.9 Å². The van der Waals surface area contributed by atoms with Crippen molar-refractivity contribution < 1.29 is 5.11 Å². The fourth-order valence-corrected chi connectivity index (χ4v) is 7.73. The maximum absolute atomic E-state index is 11.3. The molecule has 0 aliphatic rings. The molecule has 0 atom stereocenters. The molecule has 1 heterocycles. The predicted octanol–water partition coefficient (Wildman–Crippen LogP) is 13.9. The van der Waals surface area contributed by atoms with Crippen molar-refractivity contribution in [3.8, 4) is 17.1 Å². The molecule has 268 valence electrons. The zero-order valence-corrected chi connectivity index (χ0v) is 33.4. The first kappa shape index (κ1) is 41.9. The van der Waals surface area contributed by atoms with Crippen LogP contribution in [-0.2, 0) is 10.8 Å². The van der Waals surface area contributed by atoms with Crippen LogP contribution in [0.3, 0.4) is 0 Å². The first-order valence-corrected chi connectivity index (χ1v) is 21.3. The molecule has 47 heavy (non-hydrogen) atoms. The van der Waals surface area contributed by atoms with Gasteiger partial charge in [-0.2, -0.15) is 4.98 Å². The smallest absolute Gasteiger partial charge is 0.192 e. The van der Waals surface area contributed by atoms with Crippen molar-refractivity contribution in [2.45, 2.75) is 205 Å². The number of rotatable bonds is 25. The number of phenolic OH excluding ortho intramolecular Hbond substituents is 1. The van der Waals surface area contributed by atoms with Gasteiger partial charge in [0.1, 0.15) is 5.75 Å². The second-order valence-corrected chi connectivity index (χ2v) is 17.8. The van der Waals surface area contributed by atoms with E-state index in [0.717, 1.165) is 44.3 Å². The molecule has 1 aromatic heterocycles. The number of aromatic nitrogens is 3. The fraction of sp³-hybridized carbons (Fsp3) is 0.780. The van der Waals surface area contributed by atoms with Gasteiger partial charge in [0.15, 0.2) is 16.1 Å². The molecule has 0 unspecified atom stereocenters. The molecule has 0 radical (unpaired) electrons. The number of aromatic hydroxyl groups is 1. The lowest BCUT2D eigenvalue weighted by Crippen LogP contribution is -2.17. The Hall–Kier alpha value is -1.27. The standard InChI is InChI=1S/C41H71N3OS2/c1-9-11-13-15-17-19-21-23-25-27-29-46-38-42-37(33-31-34(40(3,4)5)36(45)35(32-33)41(6,7)8)43-39(44-38)47-30-28-26-24-22-20-18-16-14-12-10-2/h31-32,45H,9-30H2,1-8H3. The third-order valence-electron chi connectivity index (χ3n) is 9.04. The van der Waals surface area contributed by atoms with E-state index in [0.29, 0.717) is 5.75 Å². The van der Waals surface area contributed by atoms with Crippen LogP contribution in [0.25, 0.3) is 11.4 Å². The zero-order chi connectivity index (χ0) is 34.5. The molecular formula is C41H71N3OS2. The number of phenols is 1. The highest BCUT2D eigenvalue weighted by molar-refractivity contribution is 7.99. The van der Waals surface area contributed by atoms with Gasteiger partial charge >= 0.3 is 0 Å². The quantitative estimate of drug-likeness (QED) is 0.0829. The lowest BCUT2D eigenvalue weighted by Gasteiger charge is -2.28. The molecule has 4 nitrogen and oxygen atoms in total. The van der Waals surface area contributed by atoms with E-state index in [-0.39, 0.29) is 10.8 Å². The molecule has 2 aromatic rings. The molecule has 0 spiro atoms. The van der Waals surface area contributed by atoms with E-state index in [1.807, 2.05) is 0 Å². The fourth-order valence-electron chi connectivity index (χ4n) is 6.01. The van der Waals surface area contributed by atoms with Crippen molar-refractivity contribution in [2.75, 3.05) is 11.5 Å². The summed E-state index contributed by atoms with van der Waals surface area (Å²) in [6.07, 6.45) is 26.9. The molecule has 2 rings (SSSR count). The van der Waals surface area contributed by atoms with E-state index < -0.39 is 0 Å². The largest absolute Gasteiger partial charge is 0.507 e. The minimum absolute atomic E-state index is 0.201. The number of unbranched alkanes of at least 4 members (excludes halogenated alkanes) is 18. The zero-order valence-electron chi connectivity index (χ0n) is 31.8. The van der Waals surface area contributed by atoms with Gasteiger partial charge in [-0.05, 0) is 35.8 Å². The molecule has 0 aliphatic carbocycles. The highest BCUT2D eigenvalue weighted by Gasteiger charge is 2.27. The van der Waals surface area contributed by atoms with E-state index in [1.165, 1.54) is 128 Å². The molecule has 0 saturated carbocycles. The normalized spacial score (nSPS) is 12.3. The maximum atomic E-state index is 11.3. The maximum Gasteiger partial charge on any atom is 0.192 e. The summed E-state index contributed by atoms with van der Waals surface area (Å²) in [6.45, 7) is 17.5. The third-order valence-corrected chi connectivity index (χ3v) is 10.9. The van der Waals surface area contributed by atoms with E-state index in [1.54, 1.807) is 23.5 Å². The van der Waals surface area contributed by atoms with Gasteiger partial charge in [-0.1, -0.05) is 194 Å². The Kier molecular flexibility index (Phi) is 20.7. The lowest BCUT2D eigenvalue weighted by atomic mass is 9.78. The van der Waals surface area contributed by atoms with Crippen molar-refractivity contribution in [1.29, 1.82) is 0 Å². The Morgan fingerprint density at radius 3 is 1.13 bits per heavy atom. The highest BCUT2D eigenvalue weighted by Crippen LogP contribution is 2.42. The van der Waals surface area contributed by atoms with Crippen molar-refractivity contribution in [3.63, 3.8) is 0 Å². The van der Waals surface area contributed by atoms with Crippen LogP contribution >= 0.6 is 23.5 Å². The first-order valence-electron chi connectivity index (χ1n) is 19.4. The van der Waals surface area contributed by atoms with Crippen LogP contribution < -0.4 is 0 Å². The second kappa shape index (κ2) is 23.2. The SMILES string of the molecule is CCCCCCCCCCCCSc1nc(SCCCCCCCCCCCC)nc(-c2cc(C(C)(C)C)c(O)c(C(C)(C)C)c2)n1. The first-order chi connectivity index (χ1) is 22.5. The second-order valence-electron chi connectivity index (χ2n) is 15.7. The number of hydrogen-bond acceptors (Lipinski definition) is 6. The monoisotopic (exact) mass is 686 g/mol. The Morgan fingerprint density at radius 2 is 0.809 bits per heavy atom. The molecule has 0 bridgehead atoms. The minimum atomic E-state index is -0.201. The van der Waals surface area contributed by atoms with Gasteiger partial charge in [0, 0.05) is 28.2 Å². The summed E-state index contributed by atoms with van der Waals surface area (Å²) in [6, 6.07) is 4.21. The van der Waals surface area contributed by atoms with E-state index in [2.05, 4.69) is 67.5 Å². The van der Waals surface area contributed by atoms with E-state index in [4.69, 9.17) is 15.0 Å². The molecule has 6 heteroatoms. The molecule has 1 aromatic carbocycles. The summed E-state index contributed by atoms with van der Waals surface area (Å²) in [5.41, 5.74) is 2.46.